The van der Waals surface area contributed by atoms with E-state index in [0.717, 1.165) is 0 Å². The zero-order chi connectivity index (χ0) is 6.69. The maximum atomic E-state index is 2.18. The van der Waals surface area contributed by atoms with Crippen molar-refractivity contribution in [2.75, 3.05) is 0 Å². The van der Waals surface area contributed by atoms with Crippen molar-refractivity contribution in [2.45, 2.75) is 11.5 Å². The molecule has 0 fully saturated rings. The number of benzene rings is 1. The predicted octanol–water partition coefficient (Wildman–Crippen LogP) is -1.33. The van der Waals surface area contributed by atoms with Gasteiger partial charge in [-0.1, -0.05) is 0 Å². The first-order valence-corrected chi connectivity index (χ1v) is 4.18. The second kappa shape index (κ2) is 5.16. The third-order valence-corrected chi connectivity index (χ3v) is 2.07. The van der Waals surface area contributed by atoms with Crippen molar-refractivity contribution < 1.29 is 17.0 Å². The summed E-state index contributed by atoms with van der Waals surface area (Å²) < 4.78 is 1.17. The molecular weight excluding hydrogens is 200 g/mol. The van der Waals surface area contributed by atoms with Gasteiger partial charge in [-0.2, -0.15) is 0 Å². The SMILES string of the molecule is Cc1ccccc1[CH2][Mg+].[Br-]. The van der Waals surface area contributed by atoms with Gasteiger partial charge in [-0.05, 0) is 0 Å². The van der Waals surface area contributed by atoms with Crippen molar-refractivity contribution in [1.82, 2.24) is 0 Å². The van der Waals surface area contributed by atoms with E-state index < -0.39 is 0 Å². The minimum absolute atomic E-state index is 0. The van der Waals surface area contributed by atoms with E-state index in [1.54, 1.807) is 0 Å². The topological polar surface area (TPSA) is 0 Å². The number of hydrogen-bond donors (Lipinski definition) is 0. The maximum absolute atomic E-state index is 2.18. The Bertz CT molecular complexity index is 198. The summed E-state index contributed by atoms with van der Waals surface area (Å²) in [6.45, 7) is 2.16. The summed E-state index contributed by atoms with van der Waals surface area (Å²) in [6.07, 6.45) is 0. The van der Waals surface area contributed by atoms with E-state index in [-0.39, 0.29) is 17.0 Å². The molecule has 0 N–H and O–H groups in total. The van der Waals surface area contributed by atoms with Gasteiger partial charge in [0.15, 0.2) is 0 Å². The van der Waals surface area contributed by atoms with Gasteiger partial charge in [0.25, 0.3) is 0 Å². The standard InChI is InChI=1S/C8H9.BrH.Mg/c1-7-5-3-4-6-8(7)2;;/h3-6H,1H2,2H3;1H;/q;;+1/p-1. The van der Waals surface area contributed by atoms with Gasteiger partial charge in [0.2, 0.25) is 0 Å². The van der Waals surface area contributed by atoms with Gasteiger partial charge in [-0.3, -0.25) is 0 Å². The van der Waals surface area contributed by atoms with Gasteiger partial charge in [0.05, 0.1) is 0 Å². The van der Waals surface area contributed by atoms with Gasteiger partial charge in [-0.15, -0.1) is 0 Å². The molecule has 50 valence electrons. The Labute approximate surface area is 85.2 Å². The molecular formula is C8H9BrMg. The van der Waals surface area contributed by atoms with Crippen LogP contribution in [-0.2, 0) is 4.55 Å². The molecule has 0 saturated carbocycles. The van der Waals surface area contributed by atoms with Gasteiger partial charge in [0, 0.05) is 0 Å². The molecule has 0 aliphatic rings. The van der Waals surface area contributed by atoms with Crippen LogP contribution in [0.3, 0.4) is 0 Å². The Balaban J connectivity index is 0.000000810. The Morgan fingerprint density at radius 1 is 1.30 bits per heavy atom. The molecule has 0 atom stereocenters. The van der Waals surface area contributed by atoms with Crippen LogP contribution in [0.25, 0.3) is 0 Å². The molecule has 0 radical (unpaired) electrons. The fourth-order valence-corrected chi connectivity index (χ4v) is 1.45. The summed E-state index contributed by atoms with van der Waals surface area (Å²) >= 11 is 2.00. The molecule has 1 rings (SSSR count). The van der Waals surface area contributed by atoms with Crippen LogP contribution < -0.4 is 17.0 Å². The molecule has 0 spiro atoms. The van der Waals surface area contributed by atoms with Crippen LogP contribution in [0.4, 0.5) is 0 Å². The van der Waals surface area contributed by atoms with Crippen LogP contribution in [0.5, 0.6) is 0 Å². The van der Waals surface area contributed by atoms with Crippen LogP contribution in [0.1, 0.15) is 11.1 Å². The van der Waals surface area contributed by atoms with E-state index in [1.807, 2.05) is 21.7 Å². The summed E-state index contributed by atoms with van der Waals surface area (Å²) in [6, 6.07) is 8.51. The zero-order valence-electron chi connectivity index (χ0n) is 6.10. The van der Waals surface area contributed by atoms with E-state index >= 15 is 0 Å². The fraction of sp³-hybridized carbons (Fsp3) is 0.250. The van der Waals surface area contributed by atoms with E-state index in [2.05, 4.69) is 31.2 Å². The van der Waals surface area contributed by atoms with Crippen molar-refractivity contribution in [3.05, 3.63) is 35.4 Å². The van der Waals surface area contributed by atoms with Crippen LogP contribution in [0.15, 0.2) is 24.3 Å². The van der Waals surface area contributed by atoms with E-state index in [9.17, 15) is 0 Å². The van der Waals surface area contributed by atoms with Crippen LogP contribution >= 0.6 is 0 Å². The summed E-state index contributed by atoms with van der Waals surface area (Å²) in [5, 5.41) is 0. The Kier molecular flexibility index (Phi) is 5.40. The van der Waals surface area contributed by atoms with Crippen LogP contribution in [0, 0.1) is 6.92 Å². The van der Waals surface area contributed by atoms with Crippen molar-refractivity contribution in [1.29, 1.82) is 0 Å². The van der Waals surface area contributed by atoms with E-state index in [1.165, 1.54) is 15.7 Å². The fourth-order valence-electron chi connectivity index (χ4n) is 0.891. The first-order valence-electron chi connectivity index (χ1n) is 3.18. The minimum atomic E-state index is 0. The molecule has 0 bridgehead atoms. The smallest absolute Gasteiger partial charge is 1.00 e. The third-order valence-electron chi connectivity index (χ3n) is 1.53. The molecule has 0 amide bonds. The number of halogens is 1. The number of hydrogen-bond acceptors (Lipinski definition) is 0. The van der Waals surface area contributed by atoms with Gasteiger partial charge in [-0.25, -0.2) is 0 Å². The monoisotopic (exact) mass is 208 g/mol. The molecule has 0 nitrogen and oxygen atoms in total. The number of rotatable bonds is 1. The Morgan fingerprint density at radius 3 is 2.30 bits per heavy atom. The van der Waals surface area contributed by atoms with Gasteiger partial charge < -0.3 is 17.0 Å². The first kappa shape index (κ1) is 10.5. The Morgan fingerprint density at radius 2 is 1.90 bits per heavy atom. The molecule has 10 heavy (non-hydrogen) atoms. The second-order valence-corrected chi connectivity index (χ2v) is 2.68. The quantitative estimate of drug-likeness (QED) is 0.503. The minimum Gasteiger partial charge on any atom is -1.00 e. The molecule has 1 aromatic carbocycles. The molecule has 2 heteroatoms. The van der Waals surface area contributed by atoms with Crippen LogP contribution in [-0.4, -0.2) is 21.7 Å². The van der Waals surface area contributed by atoms with E-state index in [4.69, 9.17) is 0 Å². The zero-order valence-corrected chi connectivity index (χ0v) is 9.10. The molecule has 1 aromatic rings. The average Bonchev–Trinajstić information content (AvgIpc) is 1.89. The molecule has 0 unspecified atom stereocenters. The summed E-state index contributed by atoms with van der Waals surface area (Å²) in [4.78, 5) is 0. The Hall–Kier alpha value is 0.466. The van der Waals surface area contributed by atoms with Crippen LogP contribution in [0.2, 0.25) is 0 Å². The molecule has 0 aliphatic carbocycles. The van der Waals surface area contributed by atoms with Crippen molar-refractivity contribution >= 4 is 21.7 Å². The molecule has 0 aliphatic heterocycles. The second-order valence-electron chi connectivity index (χ2n) is 2.18. The first-order chi connectivity index (χ1) is 4.34. The summed E-state index contributed by atoms with van der Waals surface area (Å²) in [5.74, 6) is 0. The number of aryl methyl sites for hydroxylation is 1. The maximum Gasteiger partial charge on any atom is -1.00 e. The largest absolute Gasteiger partial charge is 1.00 e. The van der Waals surface area contributed by atoms with Crippen molar-refractivity contribution in [3.63, 3.8) is 0 Å². The van der Waals surface area contributed by atoms with Crippen molar-refractivity contribution in [2.24, 2.45) is 0 Å². The predicted molar refractivity (Wildman–Crippen MR) is 40.6 cm³/mol. The third kappa shape index (κ3) is 2.60. The average molecular weight is 209 g/mol. The van der Waals surface area contributed by atoms with E-state index in [0.29, 0.717) is 0 Å². The van der Waals surface area contributed by atoms with Gasteiger partial charge >= 0.3 is 68.6 Å². The van der Waals surface area contributed by atoms with Crippen molar-refractivity contribution in [3.8, 4) is 0 Å². The van der Waals surface area contributed by atoms with Gasteiger partial charge in [0.1, 0.15) is 0 Å². The summed E-state index contributed by atoms with van der Waals surface area (Å²) in [7, 11) is 0. The molecule has 0 aromatic heterocycles. The molecule has 0 saturated heterocycles. The summed E-state index contributed by atoms with van der Waals surface area (Å²) in [5.41, 5.74) is 2.88. The normalized spacial score (nSPS) is 8.70. The molecule has 0 heterocycles.